The third-order valence-electron chi connectivity index (χ3n) is 6.10. The molecule has 2 amide bonds. The Morgan fingerprint density at radius 3 is 1.76 bits per heavy atom. The van der Waals surface area contributed by atoms with Gasteiger partial charge in [-0.15, -0.1) is 0 Å². The highest BCUT2D eigenvalue weighted by Crippen LogP contribution is 2.46. The SMILES string of the molecule is C[C@@]1(O)CC(=O)[C@@H](C(=O)Nc2ccccc2)[C@@H](c2ccccc2)[C@@H]1C(=O)Nc1ccccc1. The quantitative estimate of drug-likeness (QED) is 0.521. The number of benzene rings is 3. The molecular formula is C27H26N2O4. The lowest BCUT2D eigenvalue weighted by atomic mass is 9.61. The van der Waals surface area contributed by atoms with Gasteiger partial charge in [0.2, 0.25) is 11.8 Å². The van der Waals surface area contributed by atoms with E-state index in [1.54, 1.807) is 72.8 Å². The van der Waals surface area contributed by atoms with Crippen molar-refractivity contribution in [3.05, 3.63) is 96.6 Å². The minimum atomic E-state index is -1.63. The van der Waals surface area contributed by atoms with E-state index in [2.05, 4.69) is 10.6 Å². The fraction of sp³-hybridized carbons (Fsp3) is 0.222. The minimum absolute atomic E-state index is 0.296. The highest BCUT2D eigenvalue weighted by Gasteiger charge is 2.55. The van der Waals surface area contributed by atoms with Gasteiger partial charge in [0.1, 0.15) is 11.7 Å². The van der Waals surface area contributed by atoms with E-state index in [0.29, 0.717) is 16.9 Å². The molecule has 0 aromatic heterocycles. The summed E-state index contributed by atoms with van der Waals surface area (Å²) in [6, 6.07) is 26.8. The van der Waals surface area contributed by atoms with E-state index >= 15 is 0 Å². The Morgan fingerprint density at radius 1 is 0.788 bits per heavy atom. The van der Waals surface area contributed by atoms with Gasteiger partial charge in [-0.1, -0.05) is 66.7 Å². The molecule has 1 aliphatic rings. The van der Waals surface area contributed by atoms with Gasteiger partial charge in [-0.25, -0.2) is 0 Å². The van der Waals surface area contributed by atoms with Crippen molar-refractivity contribution in [3.63, 3.8) is 0 Å². The molecule has 0 bridgehead atoms. The van der Waals surface area contributed by atoms with Crippen LogP contribution in [0.25, 0.3) is 0 Å². The zero-order valence-corrected chi connectivity index (χ0v) is 18.3. The summed E-state index contributed by atoms with van der Waals surface area (Å²) >= 11 is 0. The number of rotatable bonds is 5. The number of ketones is 1. The van der Waals surface area contributed by atoms with Crippen LogP contribution in [0.4, 0.5) is 11.4 Å². The van der Waals surface area contributed by atoms with Crippen molar-refractivity contribution in [2.75, 3.05) is 10.6 Å². The molecule has 4 atom stereocenters. The summed E-state index contributed by atoms with van der Waals surface area (Å²) in [5, 5.41) is 16.9. The zero-order valence-electron chi connectivity index (χ0n) is 18.3. The summed E-state index contributed by atoms with van der Waals surface area (Å²) in [5.41, 5.74) is 0.157. The van der Waals surface area contributed by atoms with Crippen LogP contribution in [-0.2, 0) is 14.4 Å². The Morgan fingerprint density at radius 2 is 1.24 bits per heavy atom. The average Bonchev–Trinajstić information content (AvgIpc) is 2.79. The maximum absolute atomic E-state index is 13.5. The summed E-state index contributed by atoms with van der Waals surface area (Å²) in [7, 11) is 0. The Balaban J connectivity index is 1.74. The summed E-state index contributed by atoms with van der Waals surface area (Å²) in [6.07, 6.45) is -0.296. The maximum Gasteiger partial charge on any atom is 0.235 e. The van der Waals surface area contributed by atoms with Crippen molar-refractivity contribution in [1.82, 2.24) is 0 Å². The Kier molecular flexibility index (Phi) is 6.38. The number of carbonyl (C=O) groups excluding carboxylic acids is 3. The summed E-state index contributed by atoms with van der Waals surface area (Å²) in [6.45, 7) is 1.49. The lowest BCUT2D eigenvalue weighted by molar-refractivity contribution is -0.150. The van der Waals surface area contributed by atoms with E-state index < -0.39 is 41.0 Å². The maximum atomic E-state index is 13.5. The third-order valence-corrected chi connectivity index (χ3v) is 6.10. The molecule has 1 aliphatic carbocycles. The van der Waals surface area contributed by atoms with E-state index in [0.717, 1.165) is 0 Å². The van der Waals surface area contributed by atoms with Crippen LogP contribution in [0.15, 0.2) is 91.0 Å². The van der Waals surface area contributed by atoms with Crippen LogP contribution in [-0.4, -0.2) is 28.3 Å². The predicted molar refractivity (Wildman–Crippen MR) is 127 cm³/mol. The molecule has 3 aromatic rings. The highest BCUT2D eigenvalue weighted by molar-refractivity contribution is 6.10. The van der Waals surface area contributed by atoms with Crippen LogP contribution in [0.5, 0.6) is 0 Å². The fourth-order valence-corrected chi connectivity index (χ4v) is 4.65. The second-order valence-electron chi connectivity index (χ2n) is 8.60. The molecule has 6 nitrogen and oxygen atoms in total. The number of Topliss-reactive ketones (excluding diaryl/α,β-unsaturated/α-hetero) is 1. The standard InChI is InChI=1S/C27H26N2O4/c1-27(33)17-21(30)23(25(31)28-19-13-7-3-8-14-19)22(18-11-5-2-6-12-18)24(27)26(32)29-20-15-9-4-10-16-20/h2-16,22-24,33H,17H2,1H3,(H,28,31)(H,29,32)/t22-,23-,24-,27-/m1/s1. The summed E-state index contributed by atoms with van der Waals surface area (Å²) in [5.74, 6) is -4.32. The van der Waals surface area contributed by atoms with Gasteiger partial charge in [-0.05, 0) is 36.8 Å². The molecule has 0 radical (unpaired) electrons. The summed E-state index contributed by atoms with van der Waals surface area (Å²) < 4.78 is 0. The number of hydrogen-bond acceptors (Lipinski definition) is 4. The van der Waals surface area contributed by atoms with Gasteiger partial charge in [0.05, 0.1) is 11.5 Å². The van der Waals surface area contributed by atoms with Gasteiger partial charge >= 0.3 is 0 Å². The topological polar surface area (TPSA) is 95.5 Å². The third kappa shape index (κ3) is 4.86. The summed E-state index contributed by atoms with van der Waals surface area (Å²) in [4.78, 5) is 40.0. The van der Waals surface area contributed by atoms with Crippen LogP contribution in [0.1, 0.15) is 24.8 Å². The monoisotopic (exact) mass is 442 g/mol. The van der Waals surface area contributed by atoms with Crippen molar-refractivity contribution in [1.29, 1.82) is 0 Å². The molecule has 4 rings (SSSR count). The molecule has 33 heavy (non-hydrogen) atoms. The van der Waals surface area contributed by atoms with Crippen LogP contribution in [0.2, 0.25) is 0 Å². The number of amides is 2. The molecule has 3 N–H and O–H groups in total. The molecule has 0 saturated heterocycles. The number of aliphatic hydroxyl groups is 1. The van der Waals surface area contributed by atoms with Crippen molar-refractivity contribution < 1.29 is 19.5 Å². The van der Waals surface area contributed by atoms with E-state index in [1.165, 1.54) is 6.92 Å². The zero-order chi connectivity index (χ0) is 23.4. The number of anilines is 2. The van der Waals surface area contributed by atoms with Crippen molar-refractivity contribution in [3.8, 4) is 0 Å². The first-order chi connectivity index (χ1) is 15.9. The average molecular weight is 443 g/mol. The number of carbonyl (C=O) groups is 3. The largest absolute Gasteiger partial charge is 0.389 e. The molecule has 6 heteroatoms. The number of para-hydroxylation sites is 2. The van der Waals surface area contributed by atoms with Gasteiger partial charge in [0.25, 0.3) is 0 Å². The van der Waals surface area contributed by atoms with Gasteiger partial charge in [-0.2, -0.15) is 0 Å². The molecule has 1 saturated carbocycles. The van der Waals surface area contributed by atoms with Crippen LogP contribution in [0.3, 0.4) is 0 Å². The number of nitrogens with one attached hydrogen (secondary N) is 2. The fourth-order valence-electron chi connectivity index (χ4n) is 4.65. The second kappa shape index (κ2) is 9.38. The molecule has 0 spiro atoms. The Bertz CT molecular complexity index is 1130. The molecule has 1 fully saturated rings. The van der Waals surface area contributed by atoms with Crippen molar-refractivity contribution >= 4 is 29.0 Å². The second-order valence-corrected chi connectivity index (χ2v) is 8.60. The number of hydrogen-bond donors (Lipinski definition) is 3. The van der Waals surface area contributed by atoms with Crippen molar-refractivity contribution in [2.45, 2.75) is 24.9 Å². The van der Waals surface area contributed by atoms with E-state index in [4.69, 9.17) is 0 Å². The minimum Gasteiger partial charge on any atom is -0.389 e. The first kappa shape index (κ1) is 22.4. The van der Waals surface area contributed by atoms with E-state index in [1.807, 2.05) is 18.2 Å². The highest BCUT2D eigenvalue weighted by atomic mass is 16.3. The van der Waals surface area contributed by atoms with Crippen LogP contribution < -0.4 is 10.6 Å². The first-order valence-electron chi connectivity index (χ1n) is 10.9. The molecule has 168 valence electrons. The van der Waals surface area contributed by atoms with Crippen molar-refractivity contribution in [2.24, 2.45) is 11.8 Å². The molecule has 0 unspecified atom stereocenters. The lowest BCUT2D eigenvalue weighted by Crippen LogP contribution is -2.56. The molecule has 0 aliphatic heterocycles. The van der Waals surface area contributed by atoms with Crippen LogP contribution in [0, 0.1) is 11.8 Å². The van der Waals surface area contributed by atoms with E-state index in [9.17, 15) is 19.5 Å². The van der Waals surface area contributed by atoms with Gasteiger partial charge in [0.15, 0.2) is 0 Å². The van der Waals surface area contributed by atoms with Gasteiger partial charge < -0.3 is 15.7 Å². The van der Waals surface area contributed by atoms with Gasteiger partial charge in [0, 0.05) is 23.7 Å². The van der Waals surface area contributed by atoms with Gasteiger partial charge in [-0.3, -0.25) is 14.4 Å². The lowest BCUT2D eigenvalue weighted by Gasteiger charge is -2.44. The normalized spacial score (nSPS) is 24.7. The Labute approximate surface area is 192 Å². The first-order valence-corrected chi connectivity index (χ1v) is 10.9. The predicted octanol–water partition coefficient (Wildman–Crippen LogP) is 4.00. The van der Waals surface area contributed by atoms with E-state index in [-0.39, 0.29) is 6.42 Å². The molecular weight excluding hydrogens is 416 g/mol. The molecule has 3 aromatic carbocycles. The molecule has 0 heterocycles. The Hall–Kier alpha value is -3.77. The van der Waals surface area contributed by atoms with Crippen LogP contribution >= 0.6 is 0 Å². The smallest absolute Gasteiger partial charge is 0.235 e.